The van der Waals surface area contributed by atoms with Crippen molar-refractivity contribution in [2.75, 3.05) is 12.4 Å². The van der Waals surface area contributed by atoms with E-state index in [2.05, 4.69) is 33.0 Å². The molecule has 2 rings (SSSR count). The Morgan fingerprint density at radius 1 is 1.26 bits per heavy atom. The molecule has 1 saturated carbocycles. The van der Waals surface area contributed by atoms with E-state index < -0.39 is 4.92 Å². The summed E-state index contributed by atoms with van der Waals surface area (Å²) in [4.78, 5) is 10.8. The molecular weight excluding hydrogens is 244 g/mol. The number of nitrogens with zero attached hydrogens (tertiary/aromatic N) is 1. The minimum atomic E-state index is -0.399. The first-order valence-corrected chi connectivity index (χ1v) is 6.31. The van der Waals surface area contributed by atoms with Gasteiger partial charge in [0.05, 0.1) is 12.0 Å². The summed E-state index contributed by atoms with van der Waals surface area (Å²) in [6.45, 7) is 8.65. The monoisotopic (exact) mass is 264 g/mol. The van der Waals surface area contributed by atoms with Gasteiger partial charge in [-0.25, -0.2) is 0 Å². The fourth-order valence-electron chi connectivity index (χ4n) is 2.70. The van der Waals surface area contributed by atoms with Crippen molar-refractivity contribution < 1.29 is 9.66 Å². The summed E-state index contributed by atoms with van der Waals surface area (Å²) in [6, 6.07) is 5.31. The van der Waals surface area contributed by atoms with Gasteiger partial charge >= 0.3 is 5.69 Å². The Bertz CT molecular complexity index is 509. The van der Waals surface area contributed by atoms with E-state index in [1.165, 1.54) is 7.11 Å². The van der Waals surface area contributed by atoms with Crippen LogP contribution in [0.2, 0.25) is 0 Å². The summed E-state index contributed by atoms with van der Waals surface area (Å²) in [5.74, 6) is 0.284. The first kappa shape index (κ1) is 13.6. The van der Waals surface area contributed by atoms with Crippen LogP contribution in [0.1, 0.15) is 27.7 Å². The van der Waals surface area contributed by atoms with Crippen molar-refractivity contribution in [3.8, 4) is 5.75 Å². The lowest BCUT2D eigenvalue weighted by molar-refractivity contribution is -0.384. The molecule has 5 nitrogen and oxygen atoms in total. The molecule has 1 fully saturated rings. The second-order valence-corrected chi connectivity index (χ2v) is 6.13. The van der Waals surface area contributed by atoms with Gasteiger partial charge in [0.2, 0.25) is 0 Å². The molecule has 1 N–H and O–H groups in total. The average molecular weight is 264 g/mol. The van der Waals surface area contributed by atoms with E-state index in [1.807, 2.05) is 0 Å². The van der Waals surface area contributed by atoms with Gasteiger partial charge in [0.25, 0.3) is 0 Å². The zero-order chi connectivity index (χ0) is 14.4. The molecule has 0 spiro atoms. The maximum atomic E-state index is 11.2. The molecule has 0 aromatic heterocycles. The number of hydrogen-bond donors (Lipinski definition) is 1. The fraction of sp³-hybridized carbons (Fsp3) is 0.571. The van der Waals surface area contributed by atoms with Crippen molar-refractivity contribution >= 4 is 11.4 Å². The lowest BCUT2D eigenvalue weighted by atomic mass is 10.0. The molecule has 19 heavy (non-hydrogen) atoms. The summed E-state index contributed by atoms with van der Waals surface area (Å²) in [5, 5.41) is 14.5. The van der Waals surface area contributed by atoms with Gasteiger partial charge in [-0.2, -0.15) is 0 Å². The zero-order valence-electron chi connectivity index (χ0n) is 12.0. The highest BCUT2D eigenvalue weighted by molar-refractivity contribution is 5.69. The summed E-state index contributed by atoms with van der Waals surface area (Å²) in [7, 11) is 1.44. The molecular formula is C14H20N2O3. The minimum absolute atomic E-state index is 0.00324. The lowest BCUT2D eigenvalue weighted by Gasteiger charge is -2.10. The quantitative estimate of drug-likeness (QED) is 0.668. The SMILES string of the molecule is COc1cccc(NC2C(C)(C)C2(C)C)c1[N+](=O)[O-]. The topological polar surface area (TPSA) is 64.4 Å². The highest BCUT2D eigenvalue weighted by atomic mass is 16.6. The second-order valence-electron chi connectivity index (χ2n) is 6.13. The number of hydrogen-bond acceptors (Lipinski definition) is 4. The molecule has 0 unspecified atom stereocenters. The van der Waals surface area contributed by atoms with Crippen LogP contribution in [-0.4, -0.2) is 18.1 Å². The van der Waals surface area contributed by atoms with Crippen LogP contribution in [0, 0.1) is 20.9 Å². The summed E-state index contributed by atoms with van der Waals surface area (Å²) >= 11 is 0. The number of methoxy groups -OCH3 is 1. The maximum absolute atomic E-state index is 11.2. The van der Waals surface area contributed by atoms with Gasteiger partial charge in [-0.3, -0.25) is 10.1 Å². The van der Waals surface area contributed by atoms with Crippen LogP contribution in [0.15, 0.2) is 18.2 Å². The highest BCUT2D eigenvalue weighted by Gasteiger charge is 2.65. The Morgan fingerprint density at radius 2 is 1.84 bits per heavy atom. The van der Waals surface area contributed by atoms with E-state index >= 15 is 0 Å². The Morgan fingerprint density at radius 3 is 2.26 bits per heavy atom. The van der Waals surface area contributed by atoms with E-state index in [-0.39, 0.29) is 28.3 Å². The van der Waals surface area contributed by atoms with Crippen molar-refractivity contribution in [1.29, 1.82) is 0 Å². The molecule has 1 aromatic rings. The molecule has 0 saturated heterocycles. The molecule has 0 bridgehead atoms. The normalized spacial score (nSPS) is 19.8. The second kappa shape index (κ2) is 4.11. The first-order chi connectivity index (χ1) is 8.73. The number of nitro benzene ring substituents is 1. The molecule has 5 heteroatoms. The third-order valence-electron chi connectivity index (χ3n) is 4.72. The van der Waals surface area contributed by atoms with Gasteiger partial charge in [-0.15, -0.1) is 0 Å². The lowest BCUT2D eigenvalue weighted by Crippen LogP contribution is -2.12. The molecule has 0 heterocycles. The van der Waals surface area contributed by atoms with Crippen LogP contribution < -0.4 is 10.1 Å². The Balaban J connectivity index is 2.35. The van der Waals surface area contributed by atoms with Crippen LogP contribution in [0.4, 0.5) is 11.4 Å². The number of nitrogens with one attached hydrogen (secondary N) is 1. The molecule has 0 aliphatic heterocycles. The Labute approximate surface area is 113 Å². The third kappa shape index (κ3) is 1.93. The number of ether oxygens (including phenoxy) is 1. The van der Waals surface area contributed by atoms with E-state index in [1.54, 1.807) is 18.2 Å². The average Bonchev–Trinajstić information content (AvgIpc) is 2.71. The van der Waals surface area contributed by atoms with Crippen LogP contribution in [0.3, 0.4) is 0 Å². The fourth-order valence-corrected chi connectivity index (χ4v) is 2.70. The van der Waals surface area contributed by atoms with Crippen molar-refractivity contribution in [1.82, 2.24) is 0 Å². The van der Waals surface area contributed by atoms with E-state index in [4.69, 9.17) is 4.74 Å². The van der Waals surface area contributed by atoms with Crippen LogP contribution in [0.25, 0.3) is 0 Å². The predicted molar refractivity (Wildman–Crippen MR) is 74.6 cm³/mol. The van der Waals surface area contributed by atoms with Crippen molar-refractivity contribution in [3.05, 3.63) is 28.3 Å². The summed E-state index contributed by atoms with van der Waals surface area (Å²) in [6.07, 6.45) is 0. The molecule has 104 valence electrons. The molecule has 1 aliphatic carbocycles. The molecule has 0 amide bonds. The third-order valence-corrected chi connectivity index (χ3v) is 4.72. The van der Waals surface area contributed by atoms with E-state index in [0.29, 0.717) is 5.69 Å². The van der Waals surface area contributed by atoms with Crippen molar-refractivity contribution in [2.45, 2.75) is 33.7 Å². The van der Waals surface area contributed by atoms with Crippen LogP contribution in [0.5, 0.6) is 5.75 Å². The van der Waals surface area contributed by atoms with Gasteiger partial charge in [-0.05, 0) is 23.0 Å². The number of benzene rings is 1. The molecule has 0 atom stereocenters. The largest absolute Gasteiger partial charge is 0.490 e. The summed E-state index contributed by atoms with van der Waals surface area (Å²) in [5.41, 5.74) is 0.755. The van der Waals surface area contributed by atoms with E-state index in [9.17, 15) is 10.1 Å². The number of nitro groups is 1. The van der Waals surface area contributed by atoms with Crippen LogP contribution in [-0.2, 0) is 0 Å². The van der Waals surface area contributed by atoms with Crippen molar-refractivity contribution in [2.24, 2.45) is 10.8 Å². The van der Waals surface area contributed by atoms with Gasteiger partial charge in [0.1, 0.15) is 5.69 Å². The van der Waals surface area contributed by atoms with Gasteiger partial charge in [-0.1, -0.05) is 33.8 Å². The number of anilines is 1. The maximum Gasteiger partial charge on any atom is 0.333 e. The first-order valence-electron chi connectivity index (χ1n) is 6.31. The van der Waals surface area contributed by atoms with Gasteiger partial charge in [0, 0.05) is 6.04 Å². The molecule has 1 aliphatic rings. The van der Waals surface area contributed by atoms with Crippen molar-refractivity contribution in [3.63, 3.8) is 0 Å². The Kier molecular flexibility index (Phi) is 2.96. The predicted octanol–water partition coefficient (Wildman–Crippen LogP) is 3.45. The smallest absolute Gasteiger partial charge is 0.333 e. The van der Waals surface area contributed by atoms with Crippen LogP contribution >= 0.6 is 0 Å². The zero-order valence-corrected chi connectivity index (χ0v) is 12.0. The number of rotatable bonds is 4. The van der Waals surface area contributed by atoms with Gasteiger partial charge in [0.15, 0.2) is 5.75 Å². The Hall–Kier alpha value is -1.78. The number of para-hydroxylation sites is 1. The summed E-state index contributed by atoms with van der Waals surface area (Å²) < 4.78 is 5.07. The standard InChI is InChI=1S/C14H20N2O3/c1-13(2)12(14(13,3)4)15-9-7-6-8-10(19-5)11(9)16(17)18/h6-8,12,15H,1-5H3. The molecule has 1 aromatic carbocycles. The minimum Gasteiger partial charge on any atom is -0.490 e. The highest BCUT2D eigenvalue weighted by Crippen LogP contribution is 2.64. The van der Waals surface area contributed by atoms with Gasteiger partial charge < -0.3 is 10.1 Å². The molecule has 0 radical (unpaired) electrons. The van der Waals surface area contributed by atoms with E-state index in [0.717, 1.165) is 0 Å².